The van der Waals surface area contributed by atoms with E-state index in [-0.39, 0.29) is 29.6 Å². The van der Waals surface area contributed by atoms with Crippen LogP contribution in [0.2, 0.25) is 0 Å². The van der Waals surface area contributed by atoms with E-state index in [0.717, 1.165) is 6.42 Å². The number of anilines is 1. The maximum Gasteiger partial charge on any atom is 0.338 e. The highest BCUT2D eigenvalue weighted by molar-refractivity contribution is 6.10. The highest BCUT2D eigenvalue weighted by Crippen LogP contribution is 2.37. The van der Waals surface area contributed by atoms with Crippen LogP contribution in [0.1, 0.15) is 56.8 Å². The predicted molar refractivity (Wildman–Crippen MR) is 116 cm³/mol. The van der Waals surface area contributed by atoms with Crippen molar-refractivity contribution in [3.63, 3.8) is 0 Å². The average Bonchev–Trinajstić information content (AvgIpc) is 3.01. The van der Waals surface area contributed by atoms with Crippen molar-refractivity contribution in [2.45, 2.75) is 52.5 Å². The Kier molecular flexibility index (Phi) is 7.25. The van der Waals surface area contributed by atoms with E-state index in [1.165, 1.54) is 4.90 Å². The van der Waals surface area contributed by atoms with Crippen molar-refractivity contribution in [1.29, 1.82) is 0 Å². The van der Waals surface area contributed by atoms with Gasteiger partial charge in [-0.15, -0.1) is 0 Å². The predicted octanol–water partition coefficient (Wildman–Crippen LogP) is 3.56. The van der Waals surface area contributed by atoms with Crippen LogP contribution >= 0.6 is 0 Å². The lowest BCUT2D eigenvalue weighted by Gasteiger charge is -2.27. The third-order valence-electron chi connectivity index (χ3n) is 5.68. The lowest BCUT2D eigenvalue weighted by Crippen LogP contribution is -2.48. The molecule has 1 aromatic rings. The maximum atomic E-state index is 13.1. The Balaban J connectivity index is 1.74. The second-order valence-electron chi connectivity index (χ2n) is 8.55. The van der Waals surface area contributed by atoms with Gasteiger partial charge in [0.05, 0.1) is 24.0 Å². The largest absolute Gasteiger partial charge is 0.462 e. The fourth-order valence-corrected chi connectivity index (χ4v) is 4.10. The number of rotatable bonds is 8. The van der Waals surface area contributed by atoms with E-state index >= 15 is 0 Å². The average molecular weight is 427 g/mol. The van der Waals surface area contributed by atoms with Crippen LogP contribution < -0.4 is 5.32 Å². The van der Waals surface area contributed by atoms with Crippen LogP contribution in [0.5, 0.6) is 0 Å². The van der Waals surface area contributed by atoms with Crippen LogP contribution in [0, 0.1) is 17.8 Å². The number of allylic oxidation sites excluding steroid dienone is 2. The van der Waals surface area contributed by atoms with Crippen LogP contribution in [-0.2, 0) is 19.1 Å². The molecular weight excluding hydrogens is 396 g/mol. The second-order valence-corrected chi connectivity index (χ2v) is 8.55. The molecule has 1 aliphatic carbocycles. The third-order valence-corrected chi connectivity index (χ3v) is 5.68. The van der Waals surface area contributed by atoms with E-state index in [1.807, 2.05) is 32.9 Å². The van der Waals surface area contributed by atoms with Crippen molar-refractivity contribution in [1.82, 2.24) is 4.90 Å². The van der Waals surface area contributed by atoms with E-state index in [1.54, 1.807) is 24.3 Å². The topological polar surface area (TPSA) is 92.8 Å². The Morgan fingerprint density at radius 2 is 1.65 bits per heavy atom. The van der Waals surface area contributed by atoms with Crippen LogP contribution in [0.25, 0.3) is 0 Å². The van der Waals surface area contributed by atoms with Crippen LogP contribution in [-0.4, -0.2) is 41.2 Å². The summed E-state index contributed by atoms with van der Waals surface area (Å²) in [6.45, 7) is 6.18. The molecule has 1 fully saturated rings. The van der Waals surface area contributed by atoms with E-state index in [0.29, 0.717) is 37.1 Å². The molecule has 166 valence electrons. The summed E-state index contributed by atoms with van der Waals surface area (Å²) < 4.78 is 5.10. The molecule has 0 saturated carbocycles. The van der Waals surface area contributed by atoms with Gasteiger partial charge in [0.1, 0.15) is 6.04 Å². The van der Waals surface area contributed by atoms with Gasteiger partial charge in [-0.3, -0.25) is 19.3 Å². The monoisotopic (exact) mass is 426 g/mol. The Labute approximate surface area is 182 Å². The number of nitrogens with zero attached hydrogens (tertiary/aromatic N) is 1. The number of benzene rings is 1. The Morgan fingerprint density at radius 3 is 2.16 bits per heavy atom. The number of fused-ring (bicyclic) bond motifs is 1. The molecule has 0 unspecified atom stereocenters. The van der Waals surface area contributed by atoms with Gasteiger partial charge in [-0.05, 0) is 55.9 Å². The number of hydrogen-bond acceptors (Lipinski definition) is 5. The van der Waals surface area contributed by atoms with Crippen molar-refractivity contribution in [2.75, 3.05) is 11.9 Å². The van der Waals surface area contributed by atoms with Gasteiger partial charge in [0, 0.05) is 5.69 Å². The number of carbonyl (C=O) groups is 4. The fraction of sp³-hybridized carbons (Fsp3) is 0.500. The lowest BCUT2D eigenvalue weighted by molar-refractivity contribution is -0.147. The Hall–Kier alpha value is -2.96. The first-order chi connectivity index (χ1) is 14.8. The minimum absolute atomic E-state index is 0.118. The molecule has 0 radical (unpaired) electrons. The zero-order chi connectivity index (χ0) is 22.5. The summed E-state index contributed by atoms with van der Waals surface area (Å²) in [5.41, 5.74) is 0.885. The lowest BCUT2D eigenvalue weighted by atomic mass is 9.85. The zero-order valence-electron chi connectivity index (χ0n) is 18.3. The van der Waals surface area contributed by atoms with Crippen molar-refractivity contribution < 1.29 is 23.9 Å². The molecule has 7 heteroatoms. The number of imide groups is 1. The number of ether oxygens (including phenoxy) is 1. The van der Waals surface area contributed by atoms with Gasteiger partial charge in [0.2, 0.25) is 17.7 Å². The third kappa shape index (κ3) is 5.03. The smallest absolute Gasteiger partial charge is 0.338 e. The minimum atomic E-state index is -0.861. The quantitative estimate of drug-likeness (QED) is 0.390. The highest BCUT2D eigenvalue weighted by Gasteiger charge is 2.51. The number of esters is 1. The number of carbonyl (C=O) groups excluding carboxylic acids is 4. The molecule has 2 aliphatic rings. The molecule has 1 heterocycles. The molecule has 7 nitrogen and oxygen atoms in total. The van der Waals surface area contributed by atoms with Gasteiger partial charge >= 0.3 is 5.97 Å². The first-order valence-corrected chi connectivity index (χ1v) is 10.9. The first kappa shape index (κ1) is 22.7. The van der Waals surface area contributed by atoms with Gasteiger partial charge in [0.15, 0.2) is 0 Å². The van der Waals surface area contributed by atoms with Gasteiger partial charge < -0.3 is 10.1 Å². The van der Waals surface area contributed by atoms with Crippen molar-refractivity contribution in [2.24, 2.45) is 17.8 Å². The molecule has 1 aromatic carbocycles. The molecule has 0 bridgehead atoms. The molecule has 1 saturated heterocycles. The van der Waals surface area contributed by atoms with Crippen LogP contribution in [0.4, 0.5) is 5.69 Å². The molecule has 3 atom stereocenters. The summed E-state index contributed by atoms with van der Waals surface area (Å²) in [4.78, 5) is 52.2. The SMILES string of the molecule is CCCOC(=O)c1ccc(NC(=O)[C@@H](CC(C)C)N2C(=O)[C@H]3CC=CC[C@H]3C2=O)cc1. The molecule has 1 aliphatic heterocycles. The molecule has 31 heavy (non-hydrogen) atoms. The number of likely N-dealkylation sites (tertiary alicyclic amines) is 1. The van der Waals surface area contributed by atoms with Gasteiger partial charge in [-0.2, -0.15) is 0 Å². The number of nitrogens with one attached hydrogen (secondary N) is 1. The second kappa shape index (κ2) is 9.90. The Morgan fingerprint density at radius 1 is 1.06 bits per heavy atom. The minimum Gasteiger partial charge on any atom is -0.462 e. The summed E-state index contributed by atoms with van der Waals surface area (Å²) in [5, 5.41) is 2.80. The van der Waals surface area contributed by atoms with E-state index in [9.17, 15) is 19.2 Å². The summed E-state index contributed by atoms with van der Waals surface area (Å²) in [7, 11) is 0. The standard InChI is InChI=1S/C24H30N2O5/c1-4-13-31-24(30)16-9-11-17(12-10-16)25-21(27)20(14-15(2)3)26-22(28)18-7-5-6-8-19(18)23(26)29/h5-6,9-12,15,18-20H,4,7-8,13-14H2,1-3H3,(H,25,27)/t18-,19+,20-/m1/s1. The van der Waals surface area contributed by atoms with E-state index in [4.69, 9.17) is 4.74 Å². The normalized spacial score (nSPS) is 21.2. The molecule has 3 rings (SSSR count). The molecule has 3 amide bonds. The van der Waals surface area contributed by atoms with Crippen LogP contribution in [0.15, 0.2) is 36.4 Å². The van der Waals surface area contributed by atoms with Gasteiger partial charge in [-0.1, -0.05) is 32.9 Å². The summed E-state index contributed by atoms with van der Waals surface area (Å²) in [6, 6.07) is 5.53. The Bertz CT molecular complexity index is 848. The maximum absolute atomic E-state index is 13.1. The molecule has 0 aromatic heterocycles. The highest BCUT2D eigenvalue weighted by atomic mass is 16.5. The van der Waals surface area contributed by atoms with E-state index in [2.05, 4.69) is 5.32 Å². The zero-order valence-corrected chi connectivity index (χ0v) is 18.3. The molecular formula is C24H30N2O5. The summed E-state index contributed by atoms with van der Waals surface area (Å²) in [6.07, 6.45) is 6.07. The van der Waals surface area contributed by atoms with Crippen LogP contribution in [0.3, 0.4) is 0 Å². The number of amides is 3. The number of hydrogen-bond donors (Lipinski definition) is 1. The van der Waals surface area contributed by atoms with Gasteiger partial charge in [-0.25, -0.2) is 4.79 Å². The van der Waals surface area contributed by atoms with Crippen molar-refractivity contribution in [3.05, 3.63) is 42.0 Å². The summed E-state index contributed by atoms with van der Waals surface area (Å²) in [5.74, 6) is -1.94. The van der Waals surface area contributed by atoms with Crippen molar-refractivity contribution in [3.8, 4) is 0 Å². The van der Waals surface area contributed by atoms with E-state index < -0.39 is 17.9 Å². The summed E-state index contributed by atoms with van der Waals surface area (Å²) >= 11 is 0. The molecule has 0 spiro atoms. The van der Waals surface area contributed by atoms with Gasteiger partial charge in [0.25, 0.3) is 0 Å². The molecule has 1 N–H and O–H groups in total. The van der Waals surface area contributed by atoms with Crippen molar-refractivity contribution >= 4 is 29.4 Å². The first-order valence-electron chi connectivity index (χ1n) is 10.9. The fourth-order valence-electron chi connectivity index (χ4n) is 4.10.